The first-order valence-electron chi connectivity index (χ1n) is 7.54. The van der Waals surface area contributed by atoms with Crippen molar-refractivity contribution >= 4 is 5.78 Å². The summed E-state index contributed by atoms with van der Waals surface area (Å²) in [6, 6.07) is 0. The average molecular weight is 298 g/mol. The summed E-state index contributed by atoms with van der Waals surface area (Å²) < 4.78 is 0. The van der Waals surface area contributed by atoms with Gasteiger partial charge in [-0.1, -0.05) is 55.2 Å². The van der Waals surface area contributed by atoms with Gasteiger partial charge in [-0.15, -0.1) is 6.42 Å². The van der Waals surface area contributed by atoms with Crippen molar-refractivity contribution in [3.63, 3.8) is 0 Å². The average Bonchev–Trinajstić information content (AvgIpc) is 2.36. The molecule has 0 amide bonds. The third-order valence-electron chi connectivity index (χ3n) is 3.88. The molecule has 0 spiro atoms. The molecule has 2 nitrogen and oxygen atoms in total. The first-order chi connectivity index (χ1) is 10.1. The summed E-state index contributed by atoms with van der Waals surface area (Å²) in [5.74, 6) is 2.61. The number of allylic oxidation sites excluding steroid dienone is 7. The third kappa shape index (κ3) is 5.16. The van der Waals surface area contributed by atoms with E-state index in [0.717, 1.165) is 11.1 Å². The van der Waals surface area contributed by atoms with E-state index in [4.69, 9.17) is 6.42 Å². The lowest BCUT2D eigenvalue weighted by Gasteiger charge is -2.32. The molecule has 1 unspecified atom stereocenters. The highest BCUT2D eigenvalue weighted by atomic mass is 16.3. The third-order valence-corrected chi connectivity index (χ3v) is 3.88. The molecule has 1 atom stereocenters. The van der Waals surface area contributed by atoms with Crippen molar-refractivity contribution in [2.24, 2.45) is 5.41 Å². The van der Waals surface area contributed by atoms with Crippen LogP contribution in [0.3, 0.4) is 0 Å². The molecule has 0 aromatic rings. The summed E-state index contributed by atoms with van der Waals surface area (Å²) in [4.78, 5) is 11.7. The fourth-order valence-electron chi connectivity index (χ4n) is 2.69. The SMILES string of the molecule is C#CC(C)(O)/C=C/C=C(C)/C=C/C1=C(C)CC(=O)CC1(C)C. The van der Waals surface area contributed by atoms with Crippen LogP contribution in [-0.2, 0) is 4.79 Å². The van der Waals surface area contributed by atoms with E-state index in [1.54, 1.807) is 19.1 Å². The normalized spacial score (nSPS) is 22.2. The van der Waals surface area contributed by atoms with Crippen LogP contribution in [0, 0.1) is 17.8 Å². The summed E-state index contributed by atoms with van der Waals surface area (Å²) in [6.07, 6.45) is 15.7. The first-order valence-corrected chi connectivity index (χ1v) is 7.54. The van der Waals surface area contributed by atoms with Crippen LogP contribution < -0.4 is 0 Å². The number of terminal acetylenes is 1. The Balaban J connectivity index is 2.90. The Hall–Kier alpha value is -1.85. The Morgan fingerprint density at radius 3 is 2.64 bits per heavy atom. The van der Waals surface area contributed by atoms with Crippen molar-refractivity contribution in [3.05, 3.63) is 47.1 Å². The van der Waals surface area contributed by atoms with Gasteiger partial charge in [0.25, 0.3) is 0 Å². The van der Waals surface area contributed by atoms with E-state index in [0.29, 0.717) is 18.6 Å². The Kier molecular flexibility index (Phi) is 5.74. The van der Waals surface area contributed by atoms with Crippen LogP contribution in [0.4, 0.5) is 0 Å². The standard InChI is InChI=1S/C20H26O2/c1-7-20(6,22)12-8-9-15(2)10-11-18-16(3)13-17(21)14-19(18,4)5/h1,8-12,22H,13-14H2,2-6H3/b11-10+,12-8+,15-9+. The molecule has 1 N–H and O–H groups in total. The van der Waals surface area contributed by atoms with Crippen LogP contribution in [-0.4, -0.2) is 16.5 Å². The molecule has 0 bridgehead atoms. The van der Waals surface area contributed by atoms with E-state index in [1.807, 2.05) is 26.0 Å². The monoisotopic (exact) mass is 298 g/mol. The second kappa shape index (κ2) is 6.94. The molecule has 0 saturated heterocycles. The summed E-state index contributed by atoms with van der Waals surface area (Å²) in [7, 11) is 0. The van der Waals surface area contributed by atoms with Gasteiger partial charge in [-0.25, -0.2) is 0 Å². The minimum absolute atomic E-state index is 0.112. The number of aliphatic hydroxyl groups is 1. The van der Waals surface area contributed by atoms with Crippen LogP contribution in [0.2, 0.25) is 0 Å². The fourth-order valence-corrected chi connectivity index (χ4v) is 2.69. The minimum atomic E-state index is -1.22. The van der Waals surface area contributed by atoms with E-state index in [-0.39, 0.29) is 5.41 Å². The lowest BCUT2D eigenvalue weighted by Crippen LogP contribution is -2.25. The quantitative estimate of drug-likeness (QED) is 0.626. The minimum Gasteiger partial charge on any atom is -0.374 e. The molecular formula is C20H26O2. The first kappa shape index (κ1) is 18.2. The number of hydrogen-bond acceptors (Lipinski definition) is 2. The smallest absolute Gasteiger partial charge is 0.141 e. The van der Waals surface area contributed by atoms with Gasteiger partial charge in [0, 0.05) is 12.8 Å². The molecule has 2 heteroatoms. The van der Waals surface area contributed by atoms with Gasteiger partial charge in [0.2, 0.25) is 0 Å². The highest BCUT2D eigenvalue weighted by Crippen LogP contribution is 2.39. The van der Waals surface area contributed by atoms with Crippen molar-refractivity contribution < 1.29 is 9.90 Å². The molecule has 0 radical (unpaired) electrons. The van der Waals surface area contributed by atoms with Crippen molar-refractivity contribution in [2.45, 2.75) is 53.1 Å². The molecule has 22 heavy (non-hydrogen) atoms. The van der Waals surface area contributed by atoms with E-state index >= 15 is 0 Å². The molecule has 118 valence electrons. The van der Waals surface area contributed by atoms with E-state index < -0.39 is 5.60 Å². The van der Waals surface area contributed by atoms with Gasteiger partial charge in [-0.2, -0.15) is 0 Å². The van der Waals surface area contributed by atoms with Crippen LogP contribution in [0.5, 0.6) is 0 Å². The van der Waals surface area contributed by atoms with Crippen molar-refractivity contribution in [1.82, 2.24) is 0 Å². The number of carbonyl (C=O) groups is 1. The molecule has 0 saturated carbocycles. The molecule has 1 aliphatic rings. The zero-order chi connectivity index (χ0) is 17.0. The van der Waals surface area contributed by atoms with E-state index in [2.05, 4.69) is 25.8 Å². The predicted octanol–water partition coefficient (Wildman–Crippen LogP) is 4.13. The highest BCUT2D eigenvalue weighted by molar-refractivity contribution is 5.84. The second-order valence-electron chi connectivity index (χ2n) is 6.87. The molecule has 0 aromatic carbocycles. The Bertz CT molecular complexity index is 602. The predicted molar refractivity (Wildman–Crippen MR) is 92.2 cm³/mol. The van der Waals surface area contributed by atoms with Gasteiger partial charge < -0.3 is 5.11 Å². The molecule has 1 rings (SSSR count). The summed E-state index contributed by atoms with van der Waals surface area (Å²) in [6.45, 7) is 9.80. The van der Waals surface area contributed by atoms with Crippen LogP contribution >= 0.6 is 0 Å². The molecular weight excluding hydrogens is 272 g/mol. The number of ketones is 1. The molecule has 1 aliphatic carbocycles. The Morgan fingerprint density at radius 1 is 1.45 bits per heavy atom. The van der Waals surface area contributed by atoms with Gasteiger partial charge in [0.05, 0.1) is 0 Å². The topological polar surface area (TPSA) is 37.3 Å². The maximum Gasteiger partial charge on any atom is 0.141 e. The maximum atomic E-state index is 11.7. The number of Topliss-reactive ketones (excluding diaryl/α,β-unsaturated/α-hetero) is 1. The zero-order valence-corrected chi connectivity index (χ0v) is 14.2. The van der Waals surface area contributed by atoms with Crippen LogP contribution in [0.15, 0.2) is 47.1 Å². The summed E-state index contributed by atoms with van der Waals surface area (Å²) >= 11 is 0. The van der Waals surface area contributed by atoms with Gasteiger partial charge in [-0.3, -0.25) is 4.79 Å². The molecule has 0 aromatic heterocycles. The number of carbonyl (C=O) groups excluding carboxylic acids is 1. The molecule has 0 aliphatic heterocycles. The van der Waals surface area contributed by atoms with Crippen LogP contribution in [0.25, 0.3) is 0 Å². The van der Waals surface area contributed by atoms with E-state index in [9.17, 15) is 9.90 Å². The second-order valence-corrected chi connectivity index (χ2v) is 6.87. The van der Waals surface area contributed by atoms with Gasteiger partial charge in [-0.05, 0) is 37.8 Å². The zero-order valence-electron chi connectivity index (χ0n) is 14.2. The Morgan fingerprint density at radius 2 is 2.09 bits per heavy atom. The summed E-state index contributed by atoms with van der Waals surface area (Å²) in [5, 5.41) is 9.69. The van der Waals surface area contributed by atoms with Crippen molar-refractivity contribution in [3.8, 4) is 12.3 Å². The number of rotatable bonds is 4. The number of hydrogen-bond donors (Lipinski definition) is 1. The lowest BCUT2D eigenvalue weighted by atomic mass is 9.72. The summed E-state index contributed by atoms with van der Waals surface area (Å²) in [5.41, 5.74) is 2.11. The Labute approximate surface area is 134 Å². The van der Waals surface area contributed by atoms with Crippen molar-refractivity contribution in [2.75, 3.05) is 0 Å². The highest BCUT2D eigenvalue weighted by Gasteiger charge is 2.30. The fraction of sp³-hybridized carbons (Fsp3) is 0.450. The lowest BCUT2D eigenvalue weighted by molar-refractivity contribution is -0.120. The molecule has 0 fully saturated rings. The largest absolute Gasteiger partial charge is 0.374 e. The van der Waals surface area contributed by atoms with Gasteiger partial charge in [0.15, 0.2) is 0 Å². The maximum absolute atomic E-state index is 11.7. The van der Waals surface area contributed by atoms with Crippen molar-refractivity contribution in [1.29, 1.82) is 0 Å². The van der Waals surface area contributed by atoms with Gasteiger partial charge in [0.1, 0.15) is 11.4 Å². The van der Waals surface area contributed by atoms with E-state index in [1.165, 1.54) is 5.57 Å². The van der Waals surface area contributed by atoms with Gasteiger partial charge >= 0.3 is 0 Å². The molecule has 0 heterocycles. The van der Waals surface area contributed by atoms with Crippen LogP contribution in [0.1, 0.15) is 47.5 Å².